The van der Waals surface area contributed by atoms with Crippen LogP contribution < -0.4 is 18.9 Å². The third-order valence-electron chi connectivity index (χ3n) is 4.15. The molecule has 1 aromatic carbocycles. The van der Waals surface area contributed by atoms with Crippen LogP contribution in [0, 0.1) is 0 Å². The Morgan fingerprint density at radius 2 is 1.84 bits per heavy atom. The topological polar surface area (TPSA) is 66.5 Å². The lowest BCUT2D eigenvalue weighted by Gasteiger charge is -2.34. The van der Waals surface area contributed by atoms with Crippen LogP contribution in [0.3, 0.4) is 0 Å². The van der Waals surface area contributed by atoms with Crippen molar-refractivity contribution in [3.63, 3.8) is 0 Å². The van der Waals surface area contributed by atoms with Crippen LogP contribution in [0.4, 0.5) is 0 Å². The molecule has 136 valence electrons. The van der Waals surface area contributed by atoms with E-state index in [0.717, 1.165) is 0 Å². The van der Waals surface area contributed by atoms with Crippen molar-refractivity contribution in [2.45, 2.75) is 26.1 Å². The van der Waals surface area contributed by atoms with Crippen LogP contribution in [-0.2, 0) is 9.53 Å². The summed E-state index contributed by atoms with van der Waals surface area (Å²) in [6, 6.07) is 1.76. The maximum atomic E-state index is 12.5. The molecule has 25 heavy (non-hydrogen) atoms. The molecule has 0 spiro atoms. The second-order valence-corrected chi connectivity index (χ2v) is 6.10. The first-order chi connectivity index (χ1) is 12.0. The summed E-state index contributed by atoms with van der Waals surface area (Å²) in [6.07, 6.45) is 3.29. The molecule has 2 atom stereocenters. The first kappa shape index (κ1) is 17.4. The Morgan fingerprint density at radius 3 is 2.48 bits per heavy atom. The molecule has 0 N–H and O–H groups in total. The zero-order valence-electron chi connectivity index (χ0n) is 14.9. The summed E-state index contributed by atoms with van der Waals surface area (Å²) in [4.78, 5) is 14.3. The summed E-state index contributed by atoms with van der Waals surface area (Å²) in [5.41, 5.74) is 0.686. The highest BCUT2D eigenvalue weighted by Crippen LogP contribution is 2.49. The zero-order chi connectivity index (χ0) is 18.0. The fraction of sp³-hybridized carbons (Fsp3) is 0.500. The van der Waals surface area contributed by atoms with Crippen molar-refractivity contribution < 1.29 is 28.5 Å². The van der Waals surface area contributed by atoms with Gasteiger partial charge in [0.2, 0.25) is 24.2 Å². The summed E-state index contributed by atoms with van der Waals surface area (Å²) in [5.74, 6) is 1.98. The molecule has 1 amide bonds. The van der Waals surface area contributed by atoms with E-state index >= 15 is 0 Å². The number of methoxy groups -OCH3 is 2. The van der Waals surface area contributed by atoms with Gasteiger partial charge in [-0.2, -0.15) is 0 Å². The van der Waals surface area contributed by atoms with Gasteiger partial charge in [-0.1, -0.05) is 0 Å². The van der Waals surface area contributed by atoms with Gasteiger partial charge in [0.15, 0.2) is 11.5 Å². The number of nitrogens with zero attached hydrogens (tertiary/aromatic N) is 1. The number of amides is 1. The van der Waals surface area contributed by atoms with Gasteiger partial charge in [-0.05, 0) is 26.0 Å². The van der Waals surface area contributed by atoms with Crippen LogP contribution in [0.15, 0.2) is 12.1 Å². The number of hydrogen-bond acceptors (Lipinski definition) is 6. The molecular formula is C18H23NO6. The van der Waals surface area contributed by atoms with E-state index in [1.165, 1.54) is 6.08 Å². The van der Waals surface area contributed by atoms with E-state index in [1.54, 1.807) is 31.3 Å². The Kier molecular flexibility index (Phi) is 5.03. The maximum absolute atomic E-state index is 12.5. The molecule has 0 saturated carbocycles. The van der Waals surface area contributed by atoms with Gasteiger partial charge in [0, 0.05) is 24.7 Å². The number of ether oxygens (including phenoxy) is 5. The standard InChI is InChI=1S/C18H23NO6/c1-11-8-19(9-12(2)25-11)15(20)6-5-13-7-14(21-3)17-18(16(13)22-4)24-10-23-17/h5-7,11-12H,8-10H2,1-4H3. The van der Waals surface area contributed by atoms with Crippen LogP contribution in [0.25, 0.3) is 6.08 Å². The number of fused-ring (bicyclic) bond motifs is 1. The van der Waals surface area contributed by atoms with Crippen molar-refractivity contribution in [1.82, 2.24) is 4.90 Å². The molecule has 1 fully saturated rings. The molecule has 7 heteroatoms. The minimum absolute atomic E-state index is 0.0290. The molecule has 2 unspecified atom stereocenters. The third-order valence-corrected chi connectivity index (χ3v) is 4.15. The predicted octanol–water partition coefficient (Wildman–Crippen LogP) is 2.08. The summed E-state index contributed by atoms with van der Waals surface area (Å²) in [6.45, 7) is 5.19. The Balaban J connectivity index is 1.84. The SMILES string of the molecule is COc1cc(C=CC(=O)N2CC(C)OC(C)C2)c(OC)c2c1OCO2. The Morgan fingerprint density at radius 1 is 1.16 bits per heavy atom. The molecule has 0 bridgehead atoms. The number of carbonyl (C=O) groups is 1. The van der Waals surface area contributed by atoms with Gasteiger partial charge in [-0.15, -0.1) is 0 Å². The number of morpholine rings is 1. The average molecular weight is 349 g/mol. The molecule has 0 aliphatic carbocycles. The number of carbonyl (C=O) groups excluding carboxylic acids is 1. The fourth-order valence-corrected chi connectivity index (χ4v) is 3.14. The summed E-state index contributed by atoms with van der Waals surface area (Å²) < 4.78 is 27.4. The zero-order valence-corrected chi connectivity index (χ0v) is 14.9. The van der Waals surface area contributed by atoms with E-state index in [2.05, 4.69) is 0 Å². The molecule has 0 aromatic heterocycles. The van der Waals surface area contributed by atoms with E-state index in [4.69, 9.17) is 23.7 Å². The van der Waals surface area contributed by atoms with Crippen LogP contribution in [0.5, 0.6) is 23.0 Å². The molecule has 2 heterocycles. The van der Waals surface area contributed by atoms with Crippen molar-refractivity contribution in [2.24, 2.45) is 0 Å². The van der Waals surface area contributed by atoms with E-state index in [0.29, 0.717) is 41.7 Å². The van der Waals surface area contributed by atoms with Gasteiger partial charge in [-0.3, -0.25) is 4.79 Å². The smallest absolute Gasteiger partial charge is 0.246 e. The molecule has 3 rings (SSSR count). The molecule has 7 nitrogen and oxygen atoms in total. The van der Waals surface area contributed by atoms with Gasteiger partial charge in [0.1, 0.15) is 0 Å². The summed E-state index contributed by atoms with van der Waals surface area (Å²) >= 11 is 0. The lowest BCUT2D eigenvalue weighted by atomic mass is 10.1. The highest BCUT2D eigenvalue weighted by molar-refractivity contribution is 5.92. The first-order valence-electron chi connectivity index (χ1n) is 8.20. The number of rotatable bonds is 4. The van der Waals surface area contributed by atoms with Crippen LogP contribution in [0.1, 0.15) is 19.4 Å². The summed E-state index contributed by atoms with van der Waals surface area (Å²) in [5, 5.41) is 0. The molecule has 0 radical (unpaired) electrons. The highest BCUT2D eigenvalue weighted by Gasteiger charge is 2.27. The van der Waals surface area contributed by atoms with Gasteiger partial charge in [0.05, 0.1) is 26.4 Å². The van der Waals surface area contributed by atoms with Crippen molar-refractivity contribution >= 4 is 12.0 Å². The van der Waals surface area contributed by atoms with E-state index in [9.17, 15) is 4.79 Å². The predicted molar refractivity (Wildman–Crippen MR) is 91.3 cm³/mol. The monoisotopic (exact) mass is 349 g/mol. The first-order valence-corrected chi connectivity index (χ1v) is 8.20. The van der Waals surface area contributed by atoms with Gasteiger partial charge < -0.3 is 28.6 Å². The van der Waals surface area contributed by atoms with Crippen molar-refractivity contribution in [3.05, 3.63) is 17.7 Å². The van der Waals surface area contributed by atoms with Crippen LogP contribution in [-0.4, -0.2) is 57.1 Å². The quantitative estimate of drug-likeness (QED) is 0.776. The fourth-order valence-electron chi connectivity index (χ4n) is 3.14. The van der Waals surface area contributed by atoms with Crippen molar-refractivity contribution in [2.75, 3.05) is 34.1 Å². The van der Waals surface area contributed by atoms with Gasteiger partial charge in [0.25, 0.3) is 0 Å². The lowest BCUT2D eigenvalue weighted by Crippen LogP contribution is -2.47. The molecule has 2 aliphatic heterocycles. The molecule has 1 saturated heterocycles. The third kappa shape index (κ3) is 3.51. The minimum Gasteiger partial charge on any atom is -0.493 e. The molecule has 1 aromatic rings. The lowest BCUT2D eigenvalue weighted by molar-refractivity contribution is -0.137. The van der Waals surface area contributed by atoms with E-state index in [1.807, 2.05) is 13.8 Å². The Labute approximate surface area is 147 Å². The average Bonchev–Trinajstić information content (AvgIpc) is 3.07. The van der Waals surface area contributed by atoms with Gasteiger partial charge >= 0.3 is 0 Å². The van der Waals surface area contributed by atoms with Crippen LogP contribution >= 0.6 is 0 Å². The maximum Gasteiger partial charge on any atom is 0.246 e. The van der Waals surface area contributed by atoms with Gasteiger partial charge in [-0.25, -0.2) is 0 Å². The summed E-state index contributed by atoms with van der Waals surface area (Å²) in [7, 11) is 3.10. The van der Waals surface area contributed by atoms with Crippen molar-refractivity contribution in [3.8, 4) is 23.0 Å². The van der Waals surface area contributed by atoms with Crippen molar-refractivity contribution in [1.29, 1.82) is 0 Å². The normalized spacial score (nSPS) is 22.3. The van der Waals surface area contributed by atoms with E-state index in [-0.39, 0.29) is 24.9 Å². The highest BCUT2D eigenvalue weighted by atomic mass is 16.7. The molecular weight excluding hydrogens is 326 g/mol. The second kappa shape index (κ2) is 7.23. The largest absolute Gasteiger partial charge is 0.493 e. The Hall–Kier alpha value is -2.41. The minimum atomic E-state index is -0.0688. The molecule has 2 aliphatic rings. The number of benzene rings is 1. The second-order valence-electron chi connectivity index (χ2n) is 6.10. The van der Waals surface area contributed by atoms with Crippen LogP contribution in [0.2, 0.25) is 0 Å². The number of hydrogen-bond donors (Lipinski definition) is 0. The Bertz CT molecular complexity index is 677. The van der Waals surface area contributed by atoms with E-state index < -0.39 is 0 Å².